The number of thiophene rings is 1. The molecule has 140 valence electrons. The SMILES string of the molecule is Cc1sc2nc(S[C@@H](C)C(=O)N3CCc4ccccc43)n(C)c(=O)c2c1C. The van der Waals surface area contributed by atoms with Crippen molar-refractivity contribution in [1.29, 1.82) is 0 Å². The third kappa shape index (κ3) is 2.99. The van der Waals surface area contributed by atoms with E-state index in [-0.39, 0.29) is 16.7 Å². The number of nitrogens with zero attached hydrogens (tertiary/aromatic N) is 3. The maximum atomic E-state index is 13.0. The van der Waals surface area contributed by atoms with Crippen molar-refractivity contribution >= 4 is 44.9 Å². The van der Waals surface area contributed by atoms with E-state index in [9.17, 15) is 9.59 Å². The van der Waals surface area contributed by atoms with E-state index < -0.39 is 0 Å². The molecule has 1 aliphatic rings. The minimum Gasteiger partial charge on any atom is -0.311 e. The molecule has 3 aromatic rings. The van der Waals surface area contributed by atoms with Crippen LogP contribution in [0.1, 0.15) is 22.9 Å². The van der Waals surface area contributed by atoms with E-state index in [1.54, 1.807) is 11.6 Å². The summed E-state index contributed by atoms with van der Waals surface area (Å²) in [5, 5.41) is 0.952. The standard InChI is InChI=1S/C20H21N3O2S2/c1-11-12(2)26-17-16(11)19(25)22(4)20(21-17)27-13(3)18(24)23-10-9-14-7-5-6-8-15(14)23/h5-8,13H,9-10H2,1-4H3/t13-/m0/s1. The minimum absolute atomic E-state index is 0.0458. The summed E-state index contributed by atoms with van der Waals surface area (Å²) in [6.45, 7) is 6.55. The highest BCUT2D eigenvalue weighted by atomic mass is 32.2. The zero-order chi connectivity index (χ0) is 19.3. The van der Waals surface area contributed by atoms with E-state index in [4.69, 9.17) is 0 Å². The molecule has 0 radical (unpaired) electrons. The smallest absolute Gasteiger partial charge is 0.262 e. The van der Waals surface area contributed by atoms with Crippen LogP contribution in [0.4, 0.5) is 5.69 Å². The average molecular weight is 400 g/mol. The van der Waals surface area contributed by atoms with Gasteiger partial charge in [0.1, 0.15) is 4.83 Å². The molecule has 0 saturated heterocycles. The first-order valence-electron chi connectivity index (χ1n) is 8.91. The van der Waals surface area contributed by atoms with Crippen LogP contribution in [0.15, 0.2) is 34.2 Å². The first-order valence-corrected chi connectivity index (χ1v) is 10.6. The Hall–Kier alpha value is -2.12. The molecule has 7 heteroatoms. The molecule has 0 spiro atoms. The van der Waals surface area contributed by atoms with Gasteiger partial charge >= 0.3 is 0 Å². The van der Waals surface area contributed by atoms with Crippen molar-refractivity contribution in [2.75, 3.05) is 11.4 Å². The van der Waals surface area contributed by atoms with Crippen LogP contribution in [0.2, 0.25) is 0 Å². The Morgan fingerprint density at radius 1 is 1.30 bits per heavy atom. The predicted molar refractivity (Wildman–Crippen MR) is 112 cm³/mol. The molecule has 1 aromatic carbocycles. The summed E-state index contributed by atoms with van der Waals surface area (Å²) in [5.41, 5.74) is 3.16. The van der Waals surface area contributed by atoms with E-state index in [1.165, 1.54) is 28.7 Å². The van der Waals surface area contributed by atoms with Gasteiger partial charge in [0.15, 0.2) is 5.16 Å². The third-order valence-corrected chi connectivity index (χ3v) is 7.38. The highest BCUT2D eigenvalue weighted by molar-refractivity contribution is 8.00. The normalized spacial score (nSPS) is 14.6. The Bertz CT molecular complexity index is 1120. The van der Waals surface area contributed by atoms with Crippen LogP contribution in [0.25, 0.3) is 10.2 Å². The van der Waals surface area contributed by atoms with Crippen molar-refractivity contribution in [3.8, 4) is 0 Å². The van der Waals surface area contributed by atoms with Gasteiger partial charge in [-0.3, -0.25) is 14.2 Å². The Morgan fingerprint density at radius 3 is 2.81 bits per heavy atom. The van der Waals surface area contributed by atoms with Crippen molar-refractivity contribution < 1.29 is 4.79 Å². The summed E-state index contributed by atoms with van der Waals surface area (Å²) in [7, 11) is 1.73. The fourth-order valence-corrected chi connectivity index (χ4v) is 5.46. The molecule has 0 bridgehead atoms. The van der Waals surface area contributed by atoms with Crippen LogP contribution < -0.4 is 10.5 Å². The van der Waals surface area contributed by atoms with Gasteiger partial charge in [-0.15, -0.1) is 11.3 Å². The molecule has 3 heterocycles. The number of aryl methyl sites for hydroxylation is 2. The second-order valence-corrected chi connectivity index (χ2v) is 9.36. The van der Waals surface area contributed by atoms with E-state index >= 15 is 0 Å². The van der Waals surface area contributed by atoms with E-state index in [0.29, 0.717) is 17.1 Å². The van der Waals surface area contributed by atoms with Crippen LogP contribution >= 0.6 is 23.1 Å². The van der Waals surface area contributed by atoms with Crippen molar-refractivity contribution in [3.63, 3.8) is 0 Å². The van der Waals surface area contributed by atoms with Crippen LogP contribution in [-0.2, 0) is 18.3 Å². The number of hydrogen-bond donors (Lipinski definition) is 0. The molecule has 2 aromatic heterocycles. The zero-order valence-electron chi connectivity index (χ0n) is 15.8. The monoisotopic (exact) mass is 399 g/mol. The number of carbonyl (C=O) groups excluding carboxylic acids is 1. The quantitative estimate of drug-likeness (QED) is 0.498. The number of fused-ring (bicyclic) bond motifs is 2. The highest BCUT2D eigenvalue weighted by Gasteiger charge is 2.29. The van der Waals surface area contributed by atoms with Gasteiger partial charge in [0.05, 0.1) is 10.6 Å². The van der Waals surface area contributed by atoms with Crippen molar-refractivity contribution in [1.82, 2.24) is 9.55 Å². The minimum atomic E-state index is -0.325. The lowest BCUT2D eigenvalue weighted by molar-refractivity contribution is -0.117. The number of thioether (sulfide) groups is 1. The molecule has 0 saturated carbocycles. The summed E-state index contributed by atoms with van der Waals surface area (Å²) in [6.07, 6.45) is 0.885. The van der Waals surface area contributed by atoms with Gasteiger partial charge in [0.2, 0.25) is 5.91 Å². The van der Waals surface area contributed by atoms with Gasteiger partial charge < -0.3 is 4.90 Å². The lowest BCUT2D eigenvalue weighted by Crippen LogP contribution is -2.35. The highest BCUT2D eigenvalue weighted by Crippen LogP contribution is 2.32. The Labute approximate surface area is 166 Å². The fraction of sp³-hybridized carbons (Fsp3) is 0.350. The number of rotatable bonds is 3. The Morgan fingerprint density at radius 2 is 2.04 bits per heavy atom. The molecule has 5 nitrogen and oxygen atoms in total. The molecule has 4 rings (SSSR count). The van der Waals surface area contributed by atoms with Gasteiger partial charge in [0.25, 0.3) is 5.56 Å². The maximum absolute atomic E-state index is 13.0. The fourth-order valence-electron chi connectivity index (χ4n) is 3.46. The summed E-state index contributed by atoms with van der Waals surface area (Å²) in [6, 6.07) is 8.03. The molecule has 0 aliphatic carbocycles. The van der Waals surface area contributed by atoms with Gasteiger partial charge in [-0.05, 0) is 44.4 Å². The van der Waals surface area contributed by atoms with Gasteiger partial charge in [-0.25, -0.2) is 4.98 Å². The zero-order valence-corrected chi connectivity index (χ0v) is 17.4. The Balaban J connectivity index is 1.64. The van der Waals surface area contributed by atoms with Crippen LogP contribution in [0.5, 0.6) is 0 Å². The maximum Gasteiger partial charge on any atom is 0.262 e. The topological polar surface area (TPSA) is 55.2 Å². The number of amides is 1. The van der Waals surface area contributed by atoms with Gasteiger partial charge in [0, 0.05) is 24.2 Å². The molecule has 0 N–H and O–H groups in total. The summed E-state index contributed by atoms with van der Waals surface area (Å²) in [4.78, 5) is 34.2. The lowest BCUT2D eigenvalue weighted by atomic mass is 10.2. The molecular formula is C20H21N3O2S2. The van der Waals surface area contributed by atoms with Crippen LogP contribution in [0.3, 0.4) is 0 Å². The number of carbonyl (C=O) groups is 1. The predicted octanol–water partition coefficient (Wildman–Crippen LogP) is 3.68. The molecule has 1 amide bonds. The van der Waals surface area contributed by atoms with Crippen LogP contribution in [-0.4, -0.2) is 27.3 Å². The van der Waals surface area contributed by atoms with Crippen LogP contribution in [0, 0.1) is 13.8 Å². The van der Waals surface area contributed by atoms with E-state index in [1.807, 2.05) is 43.9 Å². The summed E-state index contributed by atoms with van der Waals surface area (Å²) < 4.78 is 1.56. The molecule has 1 aliphatic heterocycles. The second kappa shape index (κ2) is 6.80. The van der Waals surface area contributed by atoms with Gasteiger partial charge in [-0.1, -0.05) is 30.0 Å². The number of hydrogen-bond acceptors (Lipinski definition) is 5. The first-order chi connectivity index (χ1) is 12.9. The van der Waals surface area contributed by atoms with E-state index in [2.05, 4.69) is 11.1 Å². The first kappa shape index (κ1) is 18.3. The molecule has 1 atom stereocenters. The number of aromatic nitrogens is 2. The lowest BCUT2D eigenvalue weighted by Gasteiger charge is -2.21. The average Bonchev–Trinajstić information content (AvgIpc) is 3.20. The molecule has 0 unspecified atom stereocenters. The third-order valence-electron chi connectivity index (χ3n) is 5.15. The van der Waals surface area contributed by atoms with Crippen molar-refractivity contribution in [3.05, 3.63) is 50.6 Å². The summed E-state index contributed by atoms with van der Waals surface area (Å²) in [5.74, 6) is 0.0536. The van der Waals surface area contributed by atoms with Crippen molar-refractivity contribution in [2.45, 2.75) is 37.6 Å². The number of para-hydroxylation sites is 1. The second-order valence-electron chi connectivity index (χ2n) is 6.85. The number of anilines is 1. The molecule has 0 fully saturated rings. The van der Waals surface area contributed by atoms with Gasteiger partial charge in [-0.2, -0.15) is 0 Å². The number of benzene rings is 1. The van der Waals surface area contributed by atoms with Crippen molar-refractivity contribution in [2.24, 2.45) is 7.05 Å². The molecule has 27 heavy (non-hydrogen) atoms. The largest absolute Gasteiger partial charge is 0.311 e. The molecular weight excluding hydrogens is 378 g/mol. The Kier molecular flexibility index (Phi) is 4.60. The van der Waals surface area contributed by atoms with E-state index in [0.717, 1.165) is 27.4 Å². The summed E-state index contributed by atoms with van der Waals surface area (Å²) >= 11 is 2.89.